The number of hydrogen-bond donors (Lipinski definition) is 1. The summed E-state index contributed by atoms with van der Waals surface area (Å²) < 4.78 is 5.70. The maximum atomic E-state index is 9.63. The van der Waals surface area contributed by atoms with Gasteiger partial charge in [-0.05, 0) is 25.1 Å². The van der Waals surface area contributed by atoms with Crippen molar-refractivity contribution in [1.29, 1.82) is 0 Å². The summed E-state index contributed by atoms with van der Waals surface area (Å²) in [6.07, 6.45) is 2.02. The number of pyridine rings is 1. The number of para-hydroxylation sites is 1. The van der Waals surface area contributed by atoms with Crippen LogP contribution in [0.25, 0.3) is 0 Å². The Hall–Kier alpha value is -1.87. The lowest BCUT2D eigenvalue weighted by Gasteiger charge is -2.12. The number of benzene rings is 1. The first-order chi connectivity index (χ1) is 8.77. The summed E-state index contributed by atoms with van der Waals surface area (Å²) in [5.74, 6) is 0.739. The first-order valence-electron chi connectivity index (χ1n) is 6.07. The molecule has 1 N–H and O–H groups in total. The van der Waals surface area contributed by atoms with Crippen molar-refractivity contribution in [2.24, 2.45) is 0 Å². The molecule has 0 aliphatic carbocycles. The highest BCUT2D eigenvalue weighted by molar-refractivity contribution is 5.34. The van der Waals surface area contributed by atoms with Gasteiger partial charge >= 0.3 is 0 Å². The van der Waals surface area contributed by atoms with Crippen LogP contribution in [0.3, 0.4) is 0 Å². The molecule has 0 radical (unpaired) electrons. The highest BCUT2D eigenvalue weighted by Gasteiger charge is 2.07. The first kappa shape index (κ1) is 12.6. The topological polar surface area (TPSA) is 42.4 Å². The molecular formula is C15H17NO2. The Bertz CT molecular complexity index is 483. The predicted octanol–water partition coefficient (Wildman–Crippen LogP) is 2.76. The Kier molecular flexibility index (Phi) is 4.31. The zero-order chi connectivity index (χ0) is 12.8. The van der Waals surface area contributed by atoms with Crippen molar-refractivity contribution in [1.82, 2.24) is 4.98 Å². The minimum atomic E-state index is -0.518. The third-order valence-corrected chi connectivity index (χ3v) is 2.71. The normalized spacial score (nSPS) is 12.1. The van der Waals surface area contributed by atoms with Crippen molar-refractivity contribution in [2.75, 3.05) is 6.61 Å². The Morgan fingerprint density at radius 1 is 1.17 bits per heavy atom. The smallest absolute Gasteiger partial charge is 0.125 e. The molecule has 0 fully saturated rings. The molecule has 3 heteroatoms. The van der Waals surface area contributed by atoms with Gasteiger partial charge < -0.3 is 9.84 Å². The highest BCUT2D eigenvalue weighted by atomic mass is 16.5. The van der Waals surface area contributed by atoms with Crippen molar-refractivity contribution in [3.05, 3.63) is 59.9 Å². The Morgan fingerprint density at radius 3 is 2.67 bits per heavy atom. The summed E-state index contributed by atoms with van der Waals surface area (Å²) in [5.41, 5.74) is 1.82. The van der Waals surface area contributed by atoms with Gasteiger partial charge in [-0.3, -0.25) is 4.98 Å². The molecule has 0 spiro atoms. The summed E-state index contributed by atoms with van der Waals surface area (Å²) in [6, 6.07) is 13.4. The number of aliphatic hydroxyl groups excluding tert-OH is 1. The van der Waals surface area contributed by atoms with Crippen molar-refractivity contribution < 1.29 is 9.84 Å². The molecule has 0 amide bonds. The van der Waals surface area contributed by atoms with E-state index in [1.54, 1.807) is 13.1 Å². The minimum Gasteiger partial charge on any atom is -0.493 e. The summed E-state index contributed by atoms with van der Waals surface area (Å²) in [5, 5.41) is 9.63. The van der Waals surface area contributed by atoms with Crippen LogP contribution in [0.5, 0.6) is 5.75 Å². The molecule has 2 rings (SSSR count). The third kappa shape index (κ3) is 3.31. The van der Waals surface area contributed by atoms with Gasteiger partial charge in [0.15, 0.2) is 0 Å². The quantitative estimate of drug-likeness (QED) is 0.878. The van der Waals surface area contributed by atoms with Crippen molar-refractivity contribution in [3.8, 4) is 5.75 Å². The lowest BCUT2D eigenvalue weighted by Crippen LogP contribution is -2.05. The average Bonchev–Trinajstić information content (AvgIpc) is 2.40. The number of ether oxygens (including phenoxy) is 1. The SMILES string of the molecule is C[C@@H](O)c1ccccc1OCCc1ccccn1. The Balaban J connectivity index is 1.94. The van der Waals surface area contributed by atoms with Crippen molar-refractivity contribution >= 4 is 0 Å². The monoisotopic (exact) mass is 243 g/mol. The molecule has 0 bridgehead atoms. The molecule has 3 nitrogen and oxygen atoms in total. The summed E-state index contributed by atoms with van der Waals surface area (Å²) in [7, 11) is 0. The summed E-state index contributed by atoms with van der Waals surface area (Å²) in [6.45, 7) is 2.29. The van der Waals surface area contributed by atoms with Crippen LogP contribution in [0.2, 0.25) is 0 Å². The van der Waals surface area contributed by atoms with E-state index in [-0.39, 0.29) is 0 Å². The largest absolute Gasteiger partial charge is 0.493 e. The van der Waals surface area contributed by atoms with Crippen LogP contribution in [0.1, 0.15) is 24.3 Å². The van der Waals surface area contributed by atoms with Crippen LogP contribution in [0.4, 0.5) is 0 Å². The fourth-order valence-electron chi connectivity index (χ4n) is 1.77. The van der Waals surface area contributed by atoms with Crippen LogP contribution < -0.4 is 4.74 Å². The molecule has 0 saturated carbocycles. The Labute approximate surface area is 107 Å². The standard InChI is InChI=1S/C15H17NO2/c1-12(17)14-7-2-3-8-15(14)18-11-9-13-6-4-5-10-16-13/h2-8,10,12,17H,9,11H2,1H3/t12-/m1/s1. The second kappa shape index (κ2) is 6.17. The highest BCUT2D eigenvalue weighted by Crippen LogP contribution is 2.24. The van der Waals surface area contributed by atoms with Crippen LogP contribution in [-0.2, 0) is 6.42 Å². The molecule has 1 heterocycles. The van der Waals surface area contributed by atoms with Gasteiger partial charge in [0.05, 0.1) is 12.7 Å². The van der Waals surface area contributed by atoms with Crippen molar-refractivity contribution in [3.63, 3.8) is 0 Å². The lowest BCUT2D eigenvalue weighted by atomic mass is 10.1. The van der Waals surface area contributed by atoms with Gasteiger partial charge in [-0.15, -0.1) is 0 Å². The third-order valence-electron chi connectivity index (χ3n) is 2.71. The zero-order valence-corrected chi connectivity index (χ0v) is 10.4. The second-order valence-electron chi connectivity index (χ2n) is 4.13. The van der Waals surface area contributed by atoms with E-state index in [9.17, 15) is 5.11 Å². The Morgan fingerprint density at radius 2 is 1.94 bits per heavy atom. The molecule has 2 aromatic rings. The number of aromatic nitrogens is 1. The van der Waals surface area contributed by atoms with Crippen molar-refractivity contribution in [2.45, 2.75) is 19.4 Å². The molecule has 1 aromatic carbocycles. The van der Waals surface area contributed by atoms with E-state index < -0.39 is 6.10 Å². The fraction of sp³-hybridized carbons (Fsp3) is 0.267. The van der Waals surface area contributed by atoms with E-state index in [2.05, 4.69) is 4.98 Å². The minimum absolute atomic E-state index is 0.518. The molecule has 0 unspecified atom stereocenters. The zero-order valence-electron chi connectivity index (χ0n) is 10.4. The maximum absolute atomic E-state index is 9.63. The van der Waals surface area contributed by atoms with E-state index >= 15 is 0 Å². The van der Waals surface area contributed by atoms with Crippen LogP contribution in [-0.4, -0.2) is 16.7 Å². The van der Waals surface area contributed by atoms with E-state index in [1.807, 2.05) is 42.5 Å². The molecule has 1 aromatic heterocycles. The number of aliphatic hydroxyl groups is 1. The first-order valence-corrected chi connectivity index (χ1v) is 6.07. The summed E-state index contributed by atoms with van der Waals surface area (Å²) >= 11 is 0. The fourth-order valence-corrected chi connectivity index (χ4v) is 1.77. The predicted molar refractivity (Wildman–Crippen MR) is 70.5 cm³/mol. The van der Waals surface area contributed by atoms with E-state index in [1.165, 1.54) is 0 Å². The van der Waals surface area contributed by atoms with Gasteiger partial charge in [-0.1, -0.05) is 24.3 Å². The van der Waals surface area contributed by atoms with Gasteiger partial charge in [0.25, 0.3) is 0 Å². The van der Waals surface area contributed by atoms with Crippen LogP contribution in [0.15, 0.2) is 48.7 Å². The molecule has 94 valence electrons. The second-order valence-corrected chi connectivity index (χ2v) is 4.13. The van der Waals surface area contributed by atoms with E-state index in [4.69, 9.17) is 4.74 Å². The van der Waals surface area contributed by atoms with Crippen LogP contribution >= 0.6 is 0 Å². The van der Waals surface area contributed by atoms with Gasteiger partial charge in [0, 0.05) is 23.9 Å². The lowest BCUT2D eigenvalue weighted by molar-refractivity contribution is 0.191. The van der Waals surface area contributed by atoms with Gasteiger partial charge in [-0.25, -0.2) is 0 Å². The maximum Gasteiger partial charge on any atom is 0.125 e. The molecular weight excluding hydrogens is 226 g/mol. The van der Waals surface area contributed by atoms with Gasteiger partial charge in [0.1, 0.15) is 5.75 Å². The van der Waals surface area contributed by atoms with Gasteiger partial charge in [-0.2, -0.15) is 0 Å². The van der Waals surface area contributed by atoms with Gasteiger partial charge in [0.2, 0.25) is 0 Å². The van der Waals surface area contributed by atoms with E-state index in [0.717, 1.165) is 23.4 Å². The number of rotatable bonds is 5. The van der Waals surface area contributed by atoms with E-state index in [0.29, 0.717) is 6.61 Å². The number of hydrogen-bond acceptors (Lipinski definition) is 3. The average molecular weight is 243 g/mol. The molecule has 1 atom stereocenters. The summed E-state index contributed by atoms with van der Waals surface area (Å²) in [4.78, 5) is 4.24. The molecule has 0 saturated heterocycles. The molecule has 0 aliphatic rings. The molecule has 0 aliphatic heterocycles. The molecule has 18 heavy (non-hydrogen) atoms. The van der Waals surface area contributed by atoms with Crippen LogP contribution in [0, 0.1) is 0 Å². The number of nitrogens with zero attached hydrogens (tertiary/aromatic N) is 1.